The maximum absolute atomic E-state index is 8.66. The summed E-state index contributed by atoms with van der Waals surface area (Å²) in [4.78, 5) is 8.46. The molecule has 1 aromatic carbocycles. The molecule has 0 aliphatic rings. The molecule has 0 radical (unpaired) electrons. The van der Waals surface area contributed by atoms with Crippen LogP contribution in [-0.2, 0) is 0 Å². The molecule has 0 spiro atoms. The van der Waals surface area contributed by atoms with Crippen molar-refractivity contribution in [1.82, 2.24) is 19.7 Å². The second kappa shape index (κ2) is 5.49. The van der Waals surface area contributed by atoms with Crippen LogP contribution in [0.5, 0.6) is 0 Å². The molecule has 0 N–H and O–H groups in total. The Morgan fingerprint density at radius 1 is 1.35 bits per heavy atom. The number of thioether (sulfide) groups is 1. The van der Waals surface area contributed by atoms with Gasteiger partial charge in [-0.25, -0.2) is 14.6 Å². The van der Waals surface area contributed by atoms with Gasteiger partial charge in [0.2, 0.25) is 0 Å². The molecule has 0 fully saturated rings. The van der Waals surface area contributed by atoms with Crippen molar-refractivity contribution < 1.29 is 0 Å². The standard InChI is InChI=1S/C13H8ClN5S/c14-9-2-1-3-10(6-9)19-12-11(7-18-19)13(17-8-16-12)20-5-4-15/h1-3,6-8H,5H2. The van der Waals surface area contributed by atoms with Crippen molar-refractivity contribution in [2.75, 3.05) is 5.75 Å². The zero-order valence-corrected chi connectivity index (χ0v) is 11.8. The van der Waals surface area contributed by atoms with Crippen LogP contribution in [0.25, 0.3) is 16.7 Å². The van der Waals surface area contributed by atoms with Crippen molar-refractivity contribution in [2.45, 2.75) is 5.03 Å². The maximum Gasteiger partial charge on any atom is 0.167 e. The monoisotopic (exact) mass is 301 g/mol. The fourth-order valence-electron chi connectivity index (χ4n) is 1.84. The lowest BCUT2D eigenvalue weighted by atomic mass is 10.3. The summed E-state index contributed by atoms with van der Waals surface area (Å²) in [5.41, 5.74) is 1.53. The fraction of sp³-hybridized carbons (Fsp3) is 0.0769. The van der Waals surface area contributed by atoms with Gasteiger partial charge in [-0.15, -0.1) is 0 Å². The van der Waals surface area contributed by atoms with Crippen molar-refractivity contribution in [3.8, 4) is 11.8 Å². The third kappa shape index (κ3) is 2.33. The molecule has 0 bridgehead atoms. The van der Waals surface area contributed by atoms with Crippen LogP contribution in [0, 0.1) is 11.3 Å². The predicted molar refractivity (Wildman–Crippen MR) is 78.0 cm³/mol. The summed E-state index contributed by atoms with van der Waals surface area (Å²) in [7, 11) is 0. The normalized spacial score (nSPS) is 10.6. The van der Waals surface area contributed by atoms with Crippen molar-refractivity contribution >= 4 is 34.4 Å². The van der Waals surface area contributed by atoms with E-state index in [4.69, 9.17) is 16.9 Å². The number of rotatable bonds is 3. The minimum absolute atomic E-state index is 0.342. The molecule has 0 aliphatic heterocycles. The highest BCUT2D eigenvalue weighted by atomic mass is 35.5. The molecule has 3 rings (SSSR count). The van der Waals surface area contributed by atoms with E-state index in [1.165, 1.54) is 18.1 Å². The maximum atomic E-state index is 8.66. The molecule has 0 atom stereocenters. The fourth-order valence-corrected chi connectivity index (χ4v) is 2.64. The van der Waals surface area contributed by atoms with Gasteiger partial charge in [0.25, 0.3) is 0 Å². The second-order valence-electron chi connectivity index (χ2n) is 3.90. The number of hydrogen-bond acceptors (Lipinski definition) is 5. The minimum atomic E-state index is 0.342. The molecule has 0 aliphatic carbocycles. The van der Waals surface area contributed by atoms with Crippen molar-refractivity contribution in [3.05, 3.63) is 41.8 Å². The van der Waals surface area contributed by atoms with E-state index < -0.39 is 0 Å². The molecule has 20 heavy (non-hydrogen) atoms. The number of hydrogen-bond donors (Lipinski definition) is 0. The summed E-state index contributed by atoms with van der Waals surface area (Å²) in [5, 5.41) is 15.2. The van der Waals surface area contributed by atoms with E-state index in [-0.39, 0.29) is 0 Å². The van der Waals surface area contributed by atoms with Gasteiger partial charge in [0.05, 0.1) is 29.1 Å². The Morgan fingerprint density at radius 2 is 2.25 bits per heavy atom. The first-order valence-electron chi connectivity index (χ1n) is 5.74. The highest BCUT2D eigenvalue weighted by Gasteiger charge is 2.11. The summed E-state index contributed by atoms with van der Waals surface area (Å²) >= 11 is 7.37. The Balaban J connectivity index is 2.13. The van der Waals surface area contributed by atoms with Gasteiger partial charge < -0.3 is 0 Å². The number of nitriles is 1. The number of aromatic nitrogens is 4. The Morgan fingerprint density at radius 3 is 3.05 bits per heavy atom. The minimum Gasteiger partial charge on any atom is -0.229 e. The number of benzene rings is 1. The summed E-state index contributed by atoms with van der Waals surface area (Å²) in [6.07, 6.45) is 3.18. The van der Waals surface area contributed by atoms with Crippen LogP contribution < -0.4 is 0 Å². The Bertz CT molecular complexity index is 808. The highest BCUT2D eigenvalue weighted by Crippen LogP contribution is 2.26. The van der Waals surface area contributed by atoms with E-state index >= 15 is 0 Å². The molecular weight excluding hydrogens is 294 g/mol. The van der Waals surface area contributed by atoms with Crippen molar-refractivity contribution in [3.63, 3.8) is 0 Å². The molecule has 7 heteroatoms. The van der Waals surface area contributed by atoms with Gasteiger partial charge in [-0.05, 0) is 18.2 Å². The number of fused-ring (bicyclic) bond motifs is 1. The third-order valence-electron chi connectivity index (χ3n) is 2.66. The van der Waals surface area contributed by atoms with E-state index in [0.29, 0.717) is 16.4 Å². The van der Waals surface area contributed by atoms with Crippen LogP contribution in [0.4, 0.5) is 0 Å². The first-order valence-corrected chi connectivity index (χ1v) is 7.10. The number of halogens is 1. The first kappa shape index (κ1) is 12.9. The lowest BCUT2D eigenvalue weighted by molar-refractivity contribution is 0.893. The van der Waals surface area contributed by atoms with Gasteiger partial charge >= 0.3 is 0 Å². The zero-order valence-electron chi connectivity index (χ0n) is 10.2. The SMILES string of the molecule is N#CCSc1ncnc2c1cnn2-c1cccc(Cl)c1. The van der Waals surface area contributed by atoms with E-state index in [1.807, 2.05) is 18.2 Å². The van der Waals surface area contributed by atoms with Gasteiger partial charge in [-0.2, -0.15) is 10.4 Å². The molecule has 98 valence electrons. The van der Waals surface area contributed by atoms with E-state index in [9.17, 15) is 0 Å². The van der Waals surface area contributed by atoms with E-state index in [1.54, 1.807) is 16.9 Å². The zero-order chi connectivity index (χ0) is 13.9. The average molecular weight is 302 g/mol. The topological polar surface area (TPSA) is 67.4 Å². The van der Waals surface area contributed by atoms with Crippen molar-refractivity contribution in [2.24, 2.45) is 0 Å². The first-order chi connectivity index (χ1) is 9.79. The quantitative estimate of drug-likeness (QED) is 0.549. The van der Waals surface area contributed by atoms with Crippen LogP contribution in [0.3, 0.4) is 0 Å². The molecule has 0 amide bonds. The Hall–Kier alpha value is -2.10. The van der Waals surface area contributed by atoms with Gasteiger partial charge in [0.1, 0.15) is 11.4 Å². The summed E-state index contributed by atoms with van der Waals surface area (Å²) < 4.78 is 1.71. The molecule has 5 nitrogen and oxygen atoms in total. The Labute approximate surface area is 124 Å². The molecule has 2 aromatic heterocycles. The van der Waals surface area contributed by atoms with Gasteiger partial charge in [0, 0.05) is 5.02 Å². The molecule has 0 saturated carbocycles. The van der Waals surface area contributed by atoms with E-state index in [0.717, 1.165) is 16.1 Å². The summed E-state index contributed by atoms with van der Waals surface area (Å²) in [5.74, 6) is 0.342. The molecule has 0 unspecified atom stereocenters. The number of nitrogens with zero attached hydrogens (tertiary/aromatic N) is 5. The van der Waals surface area contributed by atoms with Crippen LogP contribution in [-0.4, -0.2) is 25.5 Å². The predicted octanol–water partition coefficient (Wildman–Crippen LogP) is 3.08. The highest BCUT2D eigenvalue weighted by molar-refractivity contribution is 7.99. The molecule has 2 heterocycles. The second-order valence-corrected chi connectivity index (χ2v) is 5.30. The van der Waals surface area contributed by atoms with Gasteiger partial charge in [-0.1, -0.05) is 29.4 Å². The summed E-state index contributed by atoms with van der Waals surface area (Å²) in [6.45, 7) is 0. The Kier molecular flexibility index (Phi) is 3.54. The molecule has 3 aromatic rings. The summed E-state index contributed by atoms with van der Waals surface area (Å²) in [6, 6.07) is 9.47. The lowest BCUT2D eigenvalue weighted by Gasteiger charge is -2.03. The van der Waals surface area contributed by atoms with Crippen LogP contribution in [0.2, 0.25) is 5.02 Å². The van der Waals surface area contributed by atoms with Crippen LogP contribution in [0.1, 0.15) is 0 Å². The molecule has 0 saturated heterocycles. The smallest absolute Gasteiger partial charge is 0.167 e. The largest absolute Gasteiger partial charge is 0.229 e. The van der Waals surface area contributed by atoms with Gasteiger partial charge in [0.15, 0.2) is 5.65 Å². The third-order valence-corrected chi connectivity index (χ3v) is 3.76. The molecular formula is C13H8ClN5S. The van der Waals surface area contributed by atoms with Gasteiger partial charge in [-0.3, -0.25) is 0 Å². The van der Waals surface area contributed by atoms with E-state index in [2.05, 4.69) is 21.1 Å². The average Bonchev–Trinajstić information content (AvgIpc) is 2.89. The lowest BCUT2D eigenvalue weighted by Crippen LogP contribution is -1.97. The van der Waals surface area contributed by atoms with Crippen LogP contribution in [0.15, 0.2) is 41.8 Å². The van der Waals surface area contributed by atoms with Crippen LogP contribution >= 0.6 is 23.4 Å². The van der Waals surface area contributed by atoms with Crippen molar-refractivity contribution in [1.29, 1.82) is 5.26 Å².